The summed E-state index contributed by atoms with van der Waals surface area (Å²) >= 11 is 0. The lowest BCUT2D eigenvalue weighted by atomic mass is 10.1. The maximum Gasteiger partial charge on any atom is 0.193 e. The molecule has 1 heterocycles. The monoisotopic (exact) mass is 446 g/mol. The summed E-state index contributed by atoms with van der Waals surface area (Å²) in [6, 6.07) is 10.8. The summed E-state index contributed by atoms with van der Waals surface area (Å²) in [5, 5.41) is 3.49. The number of guanidine groups is 1. The van der Waals surface area contributed by atoms with Gasteiger partial charge in [0.1, 0.15) is 0 Å². The number of aliphatic imine (C=N–C) groups is 1. The molecule has 1 aliphatic heterocycles. The Hall–Kier alpha value is -1.02. The molecule has 2 atom stereocenters. The first-order valence-electron chi connectivity index (χ1n) is 8.39. The number of nitrogens with zero attached hydrogens (tertiary/aromatic N) is 3. The zero-order chi connectivity index (χ0) is 16.7. The van der Waals surface area contributed by atoms with Crippen LogP contribution in [-0.2, 0) is 4.74 Å². The average Bonchev–Trinajstić information content (AvgIpc) is 3.08. The molecule has 0 radical (unpaired) electrons. The second-order valence-corrected chi connectivity index (χ2v) is 6.33. The van der Waals surface area contributed by atoms with Gasteiger partial charge in [-0.3, -0.25) is 4.99 Å². The van der Waals surface area contributed by atoms with Gasteiger partial charge in [-0.05, 0) is 25.5 Å². The number of nitrogens with one attached hydrogen (secondary N) is 1. The summed E-state index contributed by atoms with van der Waals surface area (Å²) in [4.78, 5) is 8.89. The predicted molar refractivity (Wildman–Crippen MR) is 113 cm³/mol. The van der Waals surface area contributed by atoms with Crippen molar-refractivity contribution >= 4 is 35.6 Å². The topological polar surface area (TPSA) is 40.1 Å². The molecule has 1 aliphatic rings. The summed E-state index contributed by atoms with van der Waals surface area (Å²) in [7, 11) is 6.07. The molecule has 0 spiro atoms. The molecule has 1 fully saturated rings. The Labute approximate surface area is 163 Å². The van der Waals surface area contributed by atoms with Crippen molar-refractivity contribution in [2.75, 3.05) is 52.3 Å². The van der Waals surface area contributed by atoms with Gasteiger partial charge in [0.15, 0.2) is 5.96 Å². The minimum Gasteiger partial charge on any atom is -0.381 e. The SMILES string of the molecule is CN=C(NCC(C)N(C)c1ccccc1)N(C)CC1CCOC1.I. The third kappa shape index (κ3) is 6.12. The third-order valence-corrected chi connectivity index (χ3v) is 4.51. The van der Waals surface area contributed by atoms with E-state index < -0.39 is 0 Å². The van der Waals surface area contributed by atoms with Gasteiger partial charge in [-0.25, -0.2) is 0 Å². The van der Waals surface area contributed by atoms with E-state index in [0.717, 1.165) is 38.7 Å². The highest BCUT2D eigenvalue weighted by atomic mass is 127. The summed E-state index contributed by atoms with van der Waals surface area (Å²) in [5.41, 5.74) is 1.23. The van der Waals surface area contributed by atoms with Crippen LogP contribution in [0, 0.1) is 5.92 Å². The fourth-order valence-electron chi connectivity index (χ4n) is 2.88. The minimum atomic E-state index is 0. The molecule has 1 aromatic rings. The zero-order valence-electron chi connectivity index (χ0n) is 15.2. The Morgan fingerprint density at radius 2 is 2.04 bits per heavy atom. The maximum atomic E-state index is 5.46. The van der Waals surface area contributed by atoms with E-state index in [4.69, 9.17) is 4.74 Å². The normalized spacial score (nSPS) is 18.7. The van der Waals surface area contributed by atoms with Crippen molar-refractivity contribution in [3.63, 3.8) is 0 Å². The minimum absolute atomic E-state index is 0. The lowest BCUT2D eigenvalue weighted by Gasteiger charge is -2.30. The molecule has 2 unspecified atom stereocenters. The molecular formula is C18H31IN4O. The lowest BCUT2D eigenvalue weighted by molar-refractivity contribution is 0.181. The number of rotatable bonds is 6. The highest BCUT2D eigenvalue weighted by Gasteiger charge is 2.19. The van der Waals surface area contributed by atoms with E-state index in [-0.39, 0.29) is 24.0 Å². The summed E-state index contributed by atoms with van der Waals surface area (Å²) in [6.07, 6.45) is 1.15. The first-order valence-corrected chi connectivity index (χ1v) is 8.39. The molecular weight excluding hydrogens is 415 g/mol. The predicted octanol–water partition coefficient (Wildman–Crippen LogP) is 2.67. The first-order chi connectivity index (χ1) is 11.1. The van der Waals surface area contributed by atoms with Crippen molar-refractivity contribution in [1.29, 1.82) is 0 Å². The van der Waals surface area contributed by atoms with Gasteiger partial charge in [-0.1, -0.05) is 18.2 Å². The number of halogens is 1. The maximum absolute atomic E-state index is 5.46. The molecule has 6 heteroatoms. The largest absolute Gasteiger partial charge is 0.381 e. The lowest BCUT2D eigenvalue weighted by Crippen LogP contribution is -2.46. The van der Waals surface area contributed by atoms with Gasteiger partial charge >= 0.3 is 0 Å². The van der Waals surface area contributed by atoms with Gasteiger partial charge in [0, 0.05) is 58.5 Å². The number of hydrogen-bond acceptors (Lipinski definition) is 3. The number of likely N-dealkylation sites (N-methyl/N-ethyl adjacent to an activating group) is 1. The number of hydrogen-bond donors (Lipinski definition) is 1. The summed E-state index contributed by atoms with van der Waals surface area (Å²) in [5.74, 6) is 1.56. The number of para-hydroxylation sites is 1. The fraction of sp³-hybridized carbons (Fsp3) is 0.611. The van der Waals surface area contributed by atoms with Crippen LogP contribution in [-0.4, -0.2) is 64.3 Å². The highest BCUT2D eigenvalue weighted by molar-refractivity contribution is 14.0. The quantitative estimate of drug-likeness (QED) is 0.415. The van der Waals surface area contributed by atoms with E-state index in [0.29, 0.717) is 12.0 Å². The van der Waals surface area contributed by atoms with Gasteiger partial charge < -0.3 is 19.9 Å². The number of benzene rings is 1. The van der Waals surface area contributed by atoms with Crippen molar-refractivity contribution in [2.45, 2.75) is 19.4 Å². The molecule has 0 saturated carbocycles. The Bertz CT molecular complexity index is 491. The van der Waals surface area contributed by atoms with Crippen LogP contribution in [0.25, 0.3) is 0 Å². The van der Waals surface area contributed by atoms with E-state index in [1.165, 1.54) is 5.69 Å². The molecule has 1 aromatic carbocycles. The van der Waals surface area contributed by atoms with Gasteiger partial charge in [0.25, 0.3) is 0 Å². The van der Waals surface area contributed by atoms with Crippen LogP contribution in [0.3, 0.4) is 0 Å². The molecule has 5 nitrogen and oxygen atoms in total. The number of anilines is 1. The van der Waals surface area contributed by atoms with Crippen LogP contribution in [0.2, 0.25) is 0 Å². The van der Waals surface area contributed by atoms with Crippen LogP contribution >= 0.6 is 24.0 Å². The number of ether oxygens (including phenoxy) is 1. The Kier molecular flexibility index (Phi) is 9.43. The smallest absolute Gasteiger partial charge is 0.193 e. The van der Waals surface area contributed by atoms with Gasteiger partial charge in [0.05, 0.1) is 6.61 Å². The molecule has 0 aliphatic carbocycles. The molecule has 1 N–H and O–H groups in total. The Morgan fingerprint density at radius 3 is 2.62 bits per heavy atom. The second kappa shape index (κ2) is 10.8. The zero-order valence-corrected chi connectivity index (χ0v) is 17.6. The van der Waals surface area contributed by atoms with E-state index >= 15 is 0 Å². The summed E-state index contributed by atoms with van der Waals surface area (Å²) in [6.45, 7) is 5.82. The Morgan fingerprint density at radius 1 is 1.33 bits per heavy atom. The van der Waals surface area contributed by atoms with Crippen LogP contribution in [0.15, 0.2) is 35.3 Å². The molecule has 0 aromatic heterocycles. The van der Waals surface area contributed by atoms with Crippen LogP contribution in [0.5, 0.6) is 0 Å². The van der Waals surface area contributed by atoms with Crippen molar-refractivity contribution in [2.24, 2.45) is 10.9 Å². The molecule has 136 valence electrons. The van der Waals surface area contributed by atoms with Crippen LogP contribution < -0.4 is 10.2 Å². The Balaban J connectivity index is 0.00000288. The molecule has 0 amide bonds. The van der Waals surface area contributed by atoms with E-state index in [1.54, 1.807) is 0 Å². The van der Waals surface area contributed by atoms with E-state index in [1.807, 2.05) is 13.1 Å². The second-order valence-electron chi connectivity index (χ2n) is 6.33. The molecule has 1 saturated heterocycles. The third-order valence-electron chi connectivity index (χ3n) is 4.51. The summed E-state index contributed by atoms with van der Waals surface area (Å²) < 4.78 is 5.46. The molecule has 0 bridgehead atoms. The van der Waals surface area contributed by atoms with Crippen molar-refractivity contribution in [1.82, 2.24) is 10.2 Å². The fourth-order valence-corrected chi connectivity index (χ4v) is 2.88. The highest BCUT2D eigenvalue weighted by Crippen LogP contribution is 2.14. The first kappa shape index (κ1) is 21.0. The van der Waals surface area contributed by atoms with Gasteiger partial charge in [-0.15, -0.1) is 24.0 Å². The van der Waals surface area contributed by atoms with E-state index in [2.05, 4.69) is 65.4 Å². The van der Waals surface area contributed by atoms with Gasteiger partial charge in [-0.2, -0.15) is 0 Å². The molecule has 24 heavy (non-hydrogen) atoms. The van der Waals surface area contributed by atoms with Crippen molar-refractivity contribution < 1.29 is 4.74 Å². The molecule has 2 rings (SSSR count). The average molecular weight is 446 g/mol. The van der Waals surface area contributed by atoms with E-state index in [9.17, 15) is 0 Å². The van der Waals surface area contributed by atoms with Crippen LogP contribution in [0.1, 0.15) is 13.3 Å². The van der Waals surface area contributed by atoms with Gasteiger partial charge in [0.2, 0.25) is 0 Å². The van der Waals surface area contributed by atoms with Crippen LogP contribution in [0.4, 0.5) is 5.69 Å². The van der Waals surface area contributed by atoms with Crippen molar-refractivity contribution in [3.05, 3.63) is 30.3 Å². The van der Waals surface area contributed by atoms with Crippen molar-refractivity contribution in [3.8, 4) is 0 Å². The standard InChI is InChI=1S/C18H30N4O.HI/c1-15(22(4)17-8-6-5-7-9-17)12-20-18(19-2)21(3)13-16-10-11-23-14-16;/h5-9,15-16H,10-14H2,1-4H3,(H,19,20);1H.